The SMILES string of the molecule is CC(C)(C)CC(C)(C)C(=O)OOOOOOC(=O)C(C)(C)C. The molecule has 0 aliphatic carbocycles. The lowest BCUT2D eigenvalue weighted by molar-refractivity contribution is -0.742. The molecule has 0 aliphatic heterocycles. The molecule has 0 aromatic heterocycles. The zero-order chi connectivity index (χ0) is 17.6. The topological polar surface area (TPSA) is 89.5 Å². The van der Waals surface area contributed by atoms with Crippen molar-refractivity contribution >= 4 is 11.9 Å². The maximum atomic E-state index is 11.8. The van der Waals surface area contributed by atoms with Gasteiger partial charge in [0.1, 0.15) is 0 Å². The highest BCUT2D eigenvalue weighted by molar-refractivity contribution is 5.75. The predicted molar refractivity (Wildman–Crippen MR) is 73.8 cm³/mol. The Hall–Kier alpha value is -1.22. The van der Waals surface area contributed by atoms with Gasteiger partial charge in [-0.2, -0.15) is 0 Å². The van der Waals surface area contributed by atoms with E-state index in [1.807, 2.05) is 20.8 Å². The Morgan fingerprint density at radius 2 is 1.09 bits per heavy atom. The van der Waals surface area contributed by atoms with E-state index in [1.165, 1.54) is 0 Å². The number of carbonyl (C=O) groups excluding carboxylic acids is 2. The van der Waals surface area contributed by atoms with Crippen LogP contribution < -0.4 is 0 Å². The molecule has 8 heteroatoms. The molecule has 0 fully saturated rings. The van der Waals surface area contributed by atoms with Gasteiger partial charge in [0.15, 0.2) is 0 Å². The van der Waals surface area contributed by atoms with E-state index >= 15 is 0 Å². The van der Waals surface area contributed by atoms with Gasteiger partial charge in [-0.3, -0.25) is 9.78 Å². The second kappa shape index (κ2) is 7.87. The second-order valence-corrected chi connectivity index (χ2v) is 7.89. The van der Waals surface area contributed by atoms with Crippen molar-refractivity contribution in [2.24, 2.45) is 16.2 Å². The van der Waals surface area contributed by atoms with Gasteiger partial charge in [-0.15, -0.1) is 0 Å². The average Bonchev–Trinajstić information content (AvgIpc) is 2.28. The molecule has 0 saturated carbocycles. The molecule has 0 atom stereocenters. The van der Waals surface area contributed by atoms with Crippen LogP contribution in [0.2, 0.25) is 0 Å². The quantitative estimate of drug-likeness (QED) is 0.401. The monoisotopic (exact) mass is 322 g/mol. The fourth-order valence-corrected chi connectivity index (χ4v) is 1.75. The fourth-order valence-electron chi connectivity index (χ4n) is 1.75. The first kappa shape index (κ1) is 20.8. The molecule has 0 aromatic carbocycles. The first-order valence-corrected chi connectivity index (χ1v) is 6.86. The zero-order valence-electron chi connectivity index (χ0n) is 14.5. The van der Waals surface area contributed by atoms with Crippen LogP contribution in [0.5, 0.6) is 0 Å². The summed E-state index contributed by atoms with van der Waals surface area (Å²) in [6.07, 6.45) is 0.572. The zero-order valence-corrected chi connectivity index (χ0v) is 14.5. The van der Waals surface area contributed by atoms with E-state index in [2.05, 4.69) is 29.9 Å². The van der Waals surface area contributed by atoms with Crippen molar-refractivity contribution < 1.29 is 39.5 Å². The summed E-state index contributed by atoms with van der Waals surface area (Å²) in [5.74, 6) is -1.32. The molecule has 0 aromatic rings. The highest BCUT2D eigenvalue weighted by Crippen LogP contribution is 2.34. The van der Waals surface area contributed by atoms with Crippen molar-refractivity contribution in [3.63, 3.8) is 0 Å². The minimum atomic E-state index is -0.777. The molecule has 0 amide bonds. The van der Waals surface area contributed by atoms with Crippen LogP contribution in [-0.4, -0.2) is 11.9 Å². The van der Waals surface area contributed by atoms with Crippen LogP contribution in [0.15, 0.2) is 0 Å². The van der Waals surface area contributed by atoms with Crippen LogP contribution in [0.1, 0.15) is 61.8 Å². The van der Waals surface area contributed by atoms with Gasteiger partial charge in [-0.1, -0.05) is 20.8 Å². The number of hydrogen-bond acceptors (Lipinski definition) is 8. The molecule has 130 valence electrons. The van der Waals surface area contributed by atoms with Crippen LogP contribution in [-0.2, 0) is 39.5 Å². The maximum Gasteiger partial charge on any atom is 0.351 e. The van der Waals surface area contributed by atoms with Crippen molar-refractivity contribution in [1.29, 1.82) is 0 Å². The third kappa shape index (κ3) is 8.93. The summed E-state index contributed by atoms with van der Waals surface area (Å²) in [6.45, 7) is 14.3. The minimum absolute atomic E-state index is 0.0653. The normalized spacial score (nSPS) is 12.9. The van der Waals surface area contributed by atoms with Gasteiger partial charge in [0.2, 0.25) is 0 Å². The molecule has 0 aliphatic rings. The van der Waals surface area contributed by atoms with Crippen molar-refractivity contribution in [1.82, 2.24) is 0 Å². The summed E-state index contributed by atoms with van der Waals surface area (Å²) < 4.78 is 0. The Morgan fingerprint density at radius 3 is 1.45 bits per heavy atom. The Morgan fingerprint density at radius 1 is 0.682 bits per heavy atom. The largest absolute Gasteiger partial charge is 0.351 e. The summed E-state index contributed by atoms with van der Waals surface area (Å²) >= 11 is 0. The first-order valence-electron chi connectivity index (χ1n) is 6.86. The van der Waals surface area contributed by atoms with Gasteiger partial charge >= 0.3 is 11.9 Å². The molecule has 22 heavy (non-hydrogen) atoms. The molecule has 0 saturated heterocycles. The Kier molecular flexibility index (Phi) is 7.43. The molecule has 0 radical (unpaired) electrons. The molecule has 0 spiro atoms. The lowest BCUT2D eigenvalue weighted by Gasteiger charge is -2.29. The van der Waals surface area contributed by atoms with E-state index in [-0.39, 0.29) is 5.41 Å². The first-order chi connectivity index (χ1) is 9.76. The number of rotatable bonds is 7. The lowest BCUT2D eigenvalue weighted by atomic mass is 9.76. The highest BCUT2D eigenvalue weighted by Gasteiger charge is 2.35. The standard InChI is InChI=1S/C14H26O8/c1-12(2,3)9-14(7,8)11(16)18-20-22-21-19-17-10(15)13(4,5)6/h9H2,1-8H3. The maximum absolute atomic E-state index is 11.8. The number of carbonyl (C=O) groups is 2. The van der Waals surface area contributed by atoms with Crippen molar-refractivity contribution in [3.05, 3.63) is 0 Å². The van der Waals surface area contributed by atoms with Crippen LogP contribution in [0.25, 0.3) is 0 Å². The van der Waals surface area contributed by atoms with Gasteiger partial charge < -0.3 is 0 Å². The summed E-state index contributed by atoms with van der Waals surface area (Å²) in [4.78, 5) is 31.7. The molecule has 0 unspecified atom stereocenters. The smallest absolute Gasteiger partial charge is 0.266 e. The Labute approximate surface area is 130 Å². The minimum Gasteiger partial charge on any atom is -0.266 e. The van der Waals surface area contributed by atoms with Crippen LogP contribution in [0.3, 0.4) is 0 Å². The van der Waals surface area contributed by atoms with Crippen LogP contribution in [0.4, 0.5) is 0 Å². The van der Waals surface area contributed by atoms with Crippen LogP contribution in [0, 0.1) is 16.2 Å². The van der Waals surface area contributed by atoms with Gasteiger partial charge in [0.05, 0.1) is 10.8 Å². The molecule has 0 bridgehead atoms. The van der Waals surface area contributed by atoms with E-state index < -0.39 is 22.8 Å². The molecule has 0 rings (SSSR count). The molecule has 0 N–H and O–H groups in total. The van der Waals surface area contributed by atoms with Gasteiger partial charge in [-0.25, -0.2) is 9.59 Å². The molecule has 8 nitrogen and oxygen atoms in total. The second-order valence-electron chi connectivity index (χ2n) is 7.89. The summed E-state index contributed by atoms with van der Waals surface area (Å²) in [6, 6.07) is 0. The Balaban J connectivity index is 3.93. The highest BCUT2D eigenvalue weighted by atomic mass is 17.8. The van der Waals surface area contributed by atoms with E-state index in [9.17, 15) is 9.59 Å². The summed E-state index contributed by atoms with van der Waals surface area (Å²) in [7, 11) is 0. The lowest BCUT2D eigenvalue weighted by Crippen LogP contribution is -2.31. The Bertz CT molecular complexity index is 375. The van der Waals surface area contributed by atoms with Gasteiger partial charge in [-0.05, 0) is 46.5 Å². The third-order valence-corrected chi connectivity index (χ3v) is 2.44. The van der Waals surface area contributed by atoms with E-state index in [1.54, 1.807) is 34.6 Å². The van der Waals surface area contributed by atoms with Gasteiger partial charge in [0, 0.05) is 20.2 Å². The van der Waals surface area contributed by atoms with E-state index in [0.29, 0.717) is 6.42 Å². The molecular weight excluding hydrogens is 296 g/mol. The fraction of sp³-hybridized carbons (Fsp3) is 0.857. The van der Waals surface area contributed by atoms with Crippen molar-refractivity contribution in [3.8, 4) is 0 Å². The molecular formula is C14H26O8. The molecule has 0 heterocycles. The third-order valence-electron chi connectivity index (χ3n) is 2.44. The van der Waals surface area contributed by atoms with Crippen molar-refractivity contribution in [2.45, 2.75) is 61.8 Å². The average molecular weight is 322 g/mol. The predicted octanol–water partition coefficient (Wildman–Crippen LogP) is 3.22. The van der Waals surface area contributed by atoms with Crippen LogP contribution >= 0.6 is 0 Å². The van der Waals surface area contributed by atoms with E-state index in [0.717, 1.165) is 0 Å². The number of hydrogen-bond donors (Lipinski definition) is 0. The summed E-state index contributed by atoms with van der Waals surface area (Å²) in [5, 5.41) is 15.9. The van der Waals surface area contributed by atoms with Crippen molar-refractivity contribution in [2.75, 3.05) is 0 Å². The van der Waals surface area contributed by atoms with Gasteiger partial charge in [0.25, 0.3) is 0 Å². The summed E-state index contributed by atoms with van der Waals surface area (Å²) in [5.41, 5.74) is -1.61. The van der Waals surface area contributed by atoms with E-state index in [4.69, 9.17) is 0 Å².